The first-order valence-electron chi connectivity index (χ1n) is 3.95. The number of benzene rings is 1. The monoisotopic (exact) mass is 208 g/mol. The third kappa shape index (κ3) is 1.59. The molecule has 0 radical (unpaired) electrons. The number of rotatable bonds is 1. The van der Waals surface area contributed by atoms with Crippen molar-refractivity contribution in [3.05, 3.63) is 36.5 Å². The molecule has 0 saturated carbocycles. The fraction of sp³-hybridized carbons (Fsp3) is 0. The Labute approximate surface area is 81.4 Å². The smallest absolute Gasteiger partial charge is 0.243 e. The number of hydrogen-bond acceptors (Lipinski definition) is 3. The highest BCUT2D eigenvalue weighted by molar-refractivity contribution is 7.89. The second-order valence-electron chi connectivity index (χ2n) is 2.91. The molecular formula is C9H8N2O2S. The van der Waals surface area contributed by atoms with E-state index in [-0.39, 0.29) is 5.03 Å². The van der Waals surface area contributed by atoms with Crippen LogP contribution in [0.4, 0.5) is 0 Å². The zero-order valence-corrected chi connectivity index (χ0v) is 8.03. The minimum atomic E-state index is -3.71. The van der Waals surface area contributed by atoms with Crippen LogP contribution < -0.4 is 5.14 Å². The first kappa shape index (κ1) is 9.11. The van der Waals surface area contributed by atoms with E-state index in [1.165, 1.54) is 12.3 Å². The number of pyridine rings is 1. The largest absolute Gasteiger partial charge is 0.255 e. The molecule has 72 valence electrons. The lowest BCUT2D eigenvalue weighted by Gasteiger charge is -1.99. The van der Waals surface area contributed by atoms with Crippen molar-refractivity contribution in [2.24, 2.45) is 5.14 Å². The maximum absolute atomic E-state index is 11.0. The van der Waals surface area contributed by atoms with Gasteiger partial charge in [-0.1, -0.05) is 24.3 Å². The van der Waals surface area contributed by atoms with Crippen LogP contribution in [0.25, 0.3) is 10.8 Å². The highest BCUT2D eigenvalue weighted by Crippen LogP contribution is 2.14. The molecule has 1 heterocycles. The van der Waals surface area contributed by atoms with Gasteiger partial charge in [0, 0.05) is 11.6 Å². The Morgan fingerprint density at radius 3 is 2.43 bits per heavy atom. The highest BCUT2D eigenvalue weighted by atomic mass is 32.2. The van der Waals surface area contributed by atoms with Gasteiger partial charge in [0.2, 0.25) is 0 Å². The number of aromatic nitrogens is 1. The van der Waals surface area contributed by atoms with Crippen molar-refractivity contribution in [2.75, 3.05) is 0 Å². The van der Waals surface area contributed by atoms with Crippen LogP contribution in [0.1, 0.15) is 0 Å². The fourth-order valence-electron chi connectivity index (χ4n) is 1.22. The van der Waals surface area contributed by atoms with Gasteiger partial charge in [0.25, 0.3) is 10.0 Å². The van der Waals surface area contributed by atoms with Crippen molar-refractivity contribution in [1.29, 1.82) is 0 Å². The molecular weight excluding hydrogens is 200 g/mol. The number of primary sulfonamides is 1. The quantitative estimate of drug-likeness (QED) is 0.756. The molecule has 0 fully saturated rings. The zero-order chi connectivity index (χ0) is 10.2. The van der Waals surface area contributed by atoms with Gasteiger partial charge in [-0.2, -0.15) is 0 Å². The lowest BCUT2D eigenvalue weighted by Crippen LogP contribution is -2.13. The fourth-order valence-corrected chi connectivity index (χ4v) is 1.71. The molecule has 5 heteroatoms. The van der Waals surface area contributed by atoms with Gasteiger partial charge in [0.15, 0.2) is 5.03 Å². The van der Waals surface area contributed by atoms with E-state index in [9.17, 15) is 8.42 Å². The second-order valence-corrected chi connectivity index (χ2v) is 4.42. The molecule has 0 unspecified atom stereocenters. The molecule has 0 aliphatic heterocycles. The molecule has 14 heavy (non-hydrogen) atoms. The van der Waals surface area contributed by atoms with E-state index < -0.39 is 10.0 Å². The van der Waals surface area contributed by atoms with E-state index >= 15 is 0 Å². The number of nitrogens with zero attached hydrogens (tertiary/aromatic N) is 1. The van der Waals surface area contributed by atoms with Crippen LogP contribution in [-0.4, -0.2) is 13.4 Å². The van der Waals surface area contributed by atoms with E-state index in [0.29, 0.717) is 0 Å². The summed E-state index contributed by atoms with van der Waals surface area (Å²) in [5.74, 6) is 0. The van der Waals surface area contributed by atoms with Crippen molar-refractivity contribution in [1.82, 2.24) is 4.98 Å². The number of fused-ring (bicyclic) bond motifs is 1. The third-order valence-electron chi connectivity index (χ3n) is 1.90. The van der Waals surface area contributed by atoms with Gasteiger partial charge in [-0.15, -0.1) is 0 Å². The number of nitrogens with two attached hydrogens (primary N) is 1. The molecule has 0 spiro atoms. The van der Waals surface area contributed by atoms with Crippen LogP contribution >= 0.6 is 0 Å². The summed E-state index contributed by atoms with van der Waals surface area (Å²) in [4.78, 5) is 3.77. The van der Waals surface area contributed by atoms with Crippen molar-refractivity contribution < 1.29 is 8.42 Å². The van der Waals surface area contributed by atoms with Crippen LogP contribution in [0, 0.1) is 0 Å². The Balaban J connectivity index is 2.75. The summed E-state index contributed by atoms with van der Waals surface area (Å²) in [6.45, 7) is 0. The van der Waals surface area contributed by atoms with Crippen molar-refractivity contribution in [2.45, 2.75) is 5.03 Å². The molecule has 0 aliphatic rings. The molecule has 2 rings (SSSR count). The zero-order valence-electron chi connectivity index (χ0n) is 7.21. The van der Waals surface area contributed by atoms with Gasteiger partial charge in [-0.3, -0.25) is 0 Å². The number of sulfonamides is 1. The Hall–Kier alpha value is -1.46. The average molecular weight is 208 g/mol. The Morgan fingerprint density at radius 1 is 1.14 bits per heavy atom. The molecule has 0 bridgehead atoms. The van der Waals surface area contributed by atoms with E-state index in [1.807, 2.05) is 24.3 Å². The van der Waals surface area contributed by atoms with Crippen LogP contribution in [0.2, 0.25) is 0 Å². The minimum Gasteiger partial charge on any atom is -0.243 e. The van der Waals surface area contributed by atoms with Crippen molar-refractivity contribution in [3.63, 3.8) is 0 Å². The SMILES string of the molecule is NS(=O)(=O)c1cc2ccccc2cn1. The average Bonchev–Trinajstić information content (AvgIpc) is 2.16. The van der Waals surface area contributed by atoms with Crippen molar-refractivity contribution >= 4 is 20.8 Å². The Morgan fingerprint density at radius 2 is 1.79 bits per heavy atom. The van der Waals surface area contributed by atoms with Gasteiger partial charge in [-0.25, -0.2) is 18.5 Å². The molecule has 0 atom stereocenters. The summed E-state index contributed by atoms with van der Waals surface area (Å²) in [6.07, 6.45) is 1.50. The van der Waals surface area contributed by atoms with Gasteiger partial charge in [0.05, 0.1) is 0 Å². The molecule has 0 saturated heterocycles. The topological polar surface area (TPSA) is 73.1 Å². The summed E-state index contributed by atoms with van der Waals surface area (Å²) >= 11 is 0. The van der Waals surface area contributed by atoms with E-state index in [0.717, 1.165) is 10.8 Å². The molecule has 1 aromatic heterocycles. The molecule has 2 N–H and O–H groups in total. The third-order valence-corrected chi connectivity index (χ3v) is 2.70. The summed E-state index contributed by atoms with van der Waals surface area (Å²) in [6, 6.07) is 8.82. The van der Waals surface area contributed by atoms with Crippen molar-refractivity contribution in [3.8, 4) is 0 Å². The highest BCUT2D eigenvalue weighted by Gasteiger charge is 2.09. The molecule has 1 aromatic carbocycles. The summed E-state index contributed by atoms with van der Waals surface area (Å²) < 4.78 is 22.0. The lowest BCUT2D eigenvalue weighted by atomic mass is 10.2. The Bertz CT molecular complexity index is 578. The van der Waals surface area contributed by atoms with Crippen LogP contribution in [-0.2, 0) is 10.0 Å². The minimum absolute atomic E-state index is 0.101. The van der Waals surface area contributed by atoms with E-state index in [4.69, 9.17) is 5.14 Å². The van der Waals surface area contributed by atoms with Gasteiger partial charge in [0.1, 0.15) is 0 Å². The summed E-state index contributed by atoms with van der Waals surface area (Å²) in [5.41, 5.74) is 0. The number of hydrogen-bond donors (Lipinski definition) is 1. The molecule has 4 nitrogen and oxygen atoms in total. The molecule has 2 aromatic rings. The molecule has 0 aliphatic carbocycles. The maximum atomic E-state index is 11.0. The second kappa shape index (κ2) is 3.04. The predicted octanol–water partition coefficient (Wildman–Crippen LogP) is 0.882. The first-order chi connectivity index (χ1) is 6.57. The standard InChI is InChI=1S/C9H8N2O2S/c10-14(12,13)9-5-7-3-1-2-4-8(7)6-11-9/h1-6H,(H2,10,12,13). The van der Waals surface area contributed by atoms with E-state index in [2.05, 4.69) is 4.98 Å². The van der Waals surface area contributed by atoms with Crippen LogP contribution in [0.3, 0.4) is 0 Å². The van der Waals surface area contributed by atoms with Gasteiger partial charge in [-0.05, 0) is 11.5 Å². The van der Waals surface area contributed by atoms with E-state index in [1.54, 1.807) is 0 Å². The van der Waals surface area contributed by atoms with Gasteiger partial charge < -0.3 is 0 Å². The summed E-state index contributed by atoms with van der Waals surface area (Å²) in [7, 11) is -3.71. The summed E-state index contributed by atoms with van der Waals surface area (Å²) in [5, 5.41) is 6.56. The van der Waals surface area contributed by atoms with Crippen LogP contribution in [0.5, 0.6) is 0 Å². The predicted molar refractivity (Wildman–Crippen MR) is 53.1 cm³/mol. The van der Waals surface area contributed by atoms with Crippen LogP contribution in [0.15, 0.2) is 41.6 Å². The molecule has 0 amide bonds. The first-order valence-corrected chi connectivity index (χ1v) is 5.49. The lowest BCUT2D eigenvalue weighted by molar-refractivity contribution is 0.594. The maximum Gasteiger partial charge on any atom is 0.255 e. The normalized spacial score (nSPS) is 11.8. The van der Waals surface area contributed by atoms with Gasteiger partial charge >= 0.3 is 0 Å². The Kier molecular flexibility index (Phi) is 1.98.